The van der Waals surface area contributed by atoms with Gasteiger partial charge in [-0.1, -0.05) is 24.3 Å². The summed E-state index contributed by atoms with van der Waals surface area (Å²) in [6.45, 7) is 0.439. The van der Waals surface area contributed by atoms with Crippen LogP contribution in [0.3, 0.4) is 0 Å². The van der Waals surface area contributed by atoms with Crippen LogP contribution < -0.4 is 4.90 Å². The molecule has 8 heteroatoms. The fourth-order valence-corrected chi connectivity index (χ4v) is 4.05. The number of aromatic carboxylic acids is 1. The summed E-state index contributed by atoms with van der Waals surface area (Å²) in [5.74, 6) is -1.35. The van der Waals surface area contributed by atoms with Crippen molar-refractivity contribution >= 4 is 27.6 Å². The Labute approximate surface area is 157 Å². The van der Waals surface area contributed by atoms with Gasteiger partial charge in [0.05, 0.1) is 16.9 Å². The van der Waals surface area contributed by atoms with Crippen LogP contribution in [0.2, 0.25) is 0 Å². The van der Waals surface area contributed by atoms with Gasteiger partial charge in [-0.15, -0.1) is 0 Å². The molecule has 1 aliphatic rings. The first-order valence-corrected chi connectivity index (χ1v) is 9.83. The van der Waals surface area contributed by atoms with Crippen LogP contribution in [-0.2, 0) is 27.7 Å². The highest BCUT2D eigenvalue weighted by molar-refractivity contribution is 7.89. The maximum atomic E-state index is 12.8. The topological polar surface area (TPSA) is 95.0 Å². The Bertz CT molecular complexity index is 1010. The number of fused-ring (bicyclic) bond motifs is 1. The second-order valence-corrected chi connectivity index (χ2v) is 8.66. The maximum Gasteiger partial charge on any atom is 0.335 e. The molecular formula is C19H20N2O5S. The zero-order chi connectivity index (χ0) is 19.8. The highest BCUT2D eigenvalue weighted by Gasteiger charge is 2.28. The zero-order valence-electron chi connectivity index (χ0n) is 15.0. The van der Waals surface area contributed by atoms with Crippen LogP contribution in [0.5, 0.6) is 0 Å². The van der Waals surface area contributed by atoms with Crippen LogP contribution in [0, 0.1) is 0 Å². The van der Waals surface area contributed by atoms with E-state index in [4.69, 9.17) is 0 Å². The SMILES string of the molecule is CN(C)S(=O)(=O)c1ccc2c(c1)N(C(=O)Cc1ccccc1C(=O)O)CC2. The molecule has 27 heavy (non-hydrogen) atoms. The summed E-state index contributed by atoms with van der Waals surface area (Å²) in [5, 5.41) is 9.28. The summed E-state index contributed by atoms with van der Waals surface area (Å²) in [6, 6.07) is 11.2. The van der Waals surface area contributed by atoms with Crippen molar-refractivity contribution in [1.29, 1.82) is 0 Å². The number of sulfonamides is 1. The van der Waals surface area contributed by atoms with Gasteiger partial charge in [-0.2, -0.15) is 0 Å². The normalized spacial score (nSPS) is 13.7. The molecule has 0 saturated heterocycles. The van der Waals surface area contributed by atoms with E-state index in [0.717, 1.165) is 9.87 Å². The minimum absolute atomic E-state index is 0.0629. The standard InChI is InChI=1S/C19H20N2O5S/c1-20(2)27(25,26)15-8-7-13-9-10-21(17(13)12-15)18(22)11-14-5-3-4-6-16(14)19(23)24/h3-8,12H,9-11H2,1-2H3,(H,23,24). The van der Waals surface area contributed by atoms with Crippen LogP contribution in [0.25, 0.3) is 0 Å². The fraction of sp³-hybridized carbons (Fsp3) is 0.263. The number of carboxylic acid groups (broad SMARTS) is 1. The number of rotatable bonds is 5. The van der Waals surface area contributed by atoms with Gasteiger partial charge in [-0.05, 0) is 35.7 Å². The molecule has 0 bridgehead atoms. The van der Waals surface area contributed by atoms with Gasteiger partial charge >= 0.3 is 5.97 Å². The number of carbonyl (C=O) groups is 2. The smallest absolute Gasteiger partial charge is 0.335 e. The van der Waals surface area contributed by atoms with Crippen molar-refractivity contribution < 1.29 is 23.1 Å². The van der Waals surface area contributed by atoms with E-state index in [0.29, 0.717) is 24.2 Å². The number of hydrogen-bond acceptors (Lipinski definition) is 4. The van der Waals surface area contributed by atoms with Crippen molar-refractivity contribution in [2.45, 2.75) is 17.7 Å². The third-order valence-electron chi connectivity index (χ3n) is 4.62. The summed E-state index contributed by atoms with van der Waals surface area (Å²) in [6.07, 6.45) is 0.566. The van der Waals surface area contributed by atoms with E-state index in [-0.39, 0.29) is 22.8 Å². The van der Waals surface area contributed by atoms with Crippen molar-refractivity contribution in [3.63, 3.8) is 0 Å². The van der Waals surface area contributed by atoms with Crippen LogP contribution >= 0.6 is 0 Å². The first-order valence-electron chi connectivity index (χ1n) is 8.39. The molecule has 2 aromatic carbocycles. The summed E-state index contributed by atoms with van der Waals surface area (Å²) in [4.78, 5) is 25.8. The molecule has 0 atom stereocenters. The largest absolute Gasteiger partial charge is 0.478 e. The number of amides is 1. The molecule has 1 amide bonds. The van der Waals surface area contributed by atoms with Crippen molar-refractivity contribution in [2.75, 3.05) is 25.5 Å². The van der Waals surface area contributed by atoms with Crippen molar-refractivity contribution in [1.82, 2.24) is 4.31 Å². The molecule has 0 radical (unpaired) electrons. The van der Waals surface area contributed by atoms with Gasteiger partial charge in [-0.25, -0.2) is 17.5 Å². The lowest BCUT2D eigenvalue weighted by atomic mass is 10.0. The number of benzene rings is 2. The Kier molecular flexibility index (Phi) is 5.03. The Hall–Kier alpha value is -2.71. The zero-order valence-corrected chi connectivity index (χ0v) is 15.9. The van der Waals surface area contributed by atoms with Gasteiger partial charge < -0.3 is 10.0 Å². The van der Waals surface area contributed by atoms with E-state index in [1.54, 1.807) is 30.3 Å². The predicted molar refractivity (Wildman–Crippen MR) is 100 cm³/mol. The van der Waals surface area contributed by atoms with E-state index in [1.165, 1.54) is 31.1 Å². The van der Waals surface area contributed by atoms with Crippen LogP contribution in [0.1, 0.15) is 21.5 Å². The lowest BCUT2D eigenvalue weighted by Crippen LogP contribution is -2.31. The molecule has 0 aromatic heterocycles. The molecule has 3 rings (SSSR count). The summed E-state index contributed by atoms with van der Waals surface area (Å²) < 4.78 is 25.9. The van der Waals surface area contributed by atoms with Crippen LogP contribution in [0.15, 0.2) is 47.4 Å². The highest BCUT2D eigenvalue weighted by Crippen LogP contribution is 2.32. The number of hydrogen-bond donors (Lipinski definition) is 1. The molecule has 0 saturated carbocycles. The van der Waals surface area contributed by atoms with E-state index < -0.39 is 16.0 Å². The predicted octanol–water partition coefficient (Wildman–Crippen LogP) is 1.77. The molecular weight excluding hydrogens is 368 g/mol. The molecule has 1 aliphatic heterocycles. The number of anilines is 1. The Morgan fingerprint density at radius 1 is 1.15 bits per heavy atom. The molecule has 2 aromatic rings. The average molecular weight is 388 g/mol. The second kappa shape index (κ2) is 7.13. The van der Waals surface area contributed by atoms with Gasteiger partial charge in [-0.3, -0.25) is 4.79 Å². The molecule has 0 fully saturated rings. The molecule has 142 valence electrons. The van der Waals surface area contributed by atoms with Crippen molar-refractivity contribution in [3.05, 3.63) is 59.2 Å². The lowest BCUT2D eigenvalue weighted by molar-refractivity contribution is -0.117. The van der Waals surface area contributed by atoms with E-state index in [1.807, 2.05) is 0 Å². The first kappa shape index (κ1) is 19.1. The van der Waals surface area contributed by atoms with Crippen LogP contribution in [0.4, 0.5) is 5.69 Å². The number of carbonyl (C=O) groups excluding carboxylic acids is 1. The fourth-order valence-electron chi connectivity index (χ4n) is 3.13. The van der Waals surface area contributed by atoms with Gasteiger partial charge in [0.15, 0.2) is 0 Å². The second-order valence-electron chi connectivity index (χ2n) is 6.51. The van der Waals surface area contributed by atoms with Gasteiger partial charge in [0.1, 0.15) is 0 Å². The quantitative estimate of drug-likeness (QED) is 0.842. The summed E-state index contributed by atoms with van der Waals surface area (Å²) in [5.41, 5.74) is 1.98. The average Bonchev–Trinajstić information content (AvgIpc) is 3.05. The molecule has 7 nitrogen and oxygen atoms in total. The lowest BCUT2D eigenvalue weighted by Gasteiger charge is -2.19. The van der Waals surface area contributed by atoms with Crippen LogP contribution in [-0.4, -0.2) is 50.3 Å². The summed E-state index contributed by atoms with van der Waals surface area (Å²) in [7, 11) is -0.701. The minimum Gasteiger partial charge on any atom is -0.478 e. The molecule has 1 heterocycles. The molecule has 1 N–H and O–H groups in total. The van der Waals surface area contributed by atoms with Crippen molar-refractivity contribution in [2.24, 2.45) is 0 Å². The third kappa shape index (κ3) is 3.58. The molecule has 0 unspecified atom stereocenters. The minimum atomic E-state index is -3.61. The van der Waals surface area contributed by atoms with Gasteiger partial charge in [0, 0.05) is 26.3 Å². The maximum absolute atomic E-state index is 12.8. The Balaban J connectivity index is 1.92. The first-order chi connectivity index (χ1) is 12.7. The summed E-state index contributed by atoms with van der Waals surface area (Å²) >= 11 is 0. The molecule has 0 aliphatic carbocycles. The van der Waals surface area contributed by atoms with E-state index in [2.05, 4.69) is 0 Å². The van der Waals surface area contributed by atoms with Crippen molar-refractivity contribution in [3.8, 4) is 0 Å². The van der Waals surface area contributed by atoms with Gasteiger partial charge in [0.2, 0.25) is 15.9 Å². The monoisotopic (exact) mass is 388 g/mol. The number of carboxylic acids is 1. The van der Waals surface area contributed by atoms with Gasteiger partial charge in [0.25, 0.3) is 0 Å². The Morgan fingerprint density at radius 2 is 1.85 bits per heavy atom. The number of nitrogens with zero attached hydrogens (tertiary/aromatic N) is 2. The van der Waals surface area contributed by atoms with E-state index in [9.17, 15) is 23.1 Å². The Morgan fingerprint density at radius 3 is 2.52 bits per heavy atom. The van der Waals surface area contributed by atoms with E-state index >= 15 is 0 Å². The highest BCUT2D eigenvalue weighted by atomic mass is 32.2. The third-order valence-corrected chi connectivity index (χ3v) is 6.43. The molecule has 0 spiro atoms.